The molecule has 0 aliphatic carbocycles. The molecular weight excluding hydrogens is 357 g/mol. The van der Waals surface area contributed by atoms with Gasteiger partial charge in [-0.1, -0.05) is 35.3 Å². The van der Waals surface area contributed by atoms with Crippen LogP contribution < -0.4 is 5.32 Å². The lowest BCUT2D eigenvalue weighted by molar-refractivity contribution is -0.126. The number of pyridine rings is 1. The average molecular weight is 378 g/mol. The number of nitrogens with one attached hydrogen (secondary N) is 1. The highest BCUT2D eigenvalue weighted by Gasteiger charge is 2.25. The summed E-state index contributed by atoms with van der Waals surface area (Å²) < 4.78 is 0. The third-order valence-corrected chi connectivity index (χ3v) is 5.12. The van der Waals surface area contributed by atoms with Crippen LogP contribution in [0.1, 0.15) is 24.1 Å². The van der Waals surface area contributed by atoms with E-state index in [-0.39, 0.29) is 11.8 Å². The van der Waals surface area contributed by atoms with Crippen LogP contribution in [0.4, 0.5) is 0 Å². The van der Waals surface area contributed by atoms with Crippen LogP contribution in [0.25, 0.3) is 0 Å². The molecule has 0 unspecified atom stereocenters. The number of benzene rings is 1. The molecule has 1 fully saturated rings. The minimum absolute atomic E-state index is 0.0700. The summed E-state index contributed by atoms with van der Waals surface area (Å²) >= 11 is 12.2. The maximum atomic E-state index is 12.3. The van der Waals surface area contributed by atoms with Crippen LogP contribution >= 0.6 is 23.2 Å². The Morgan fingerprint density at radius 2 is 2.00 bits per heavy atom. The highest BCUT2D eigenvalue weighted by molar-refractivity contribution is 6.35. The fraction of sp³-hybridized carbons (Fsp3) is 0.368. The third-order valence-electron chi connectivity index (χ3n) is 4.54. The standard InChI is InChI=1S/C19H21Cl2N3O/c20-16-5-4-15(18(21)11-16)13-24-9-6-14(7-10-24)19(25)23-12-17-3-1-2-8-22-17/h1-5,8,11,14H,6-7,9-10,12-13H2,(H,23,25). The van der Waals surface area contributed by atoms with Gasteiger partial charge in [-0.2, -0.15) is 0 Å². The van der Waals surface area contributed by atoms with Gasteiger partial charge in [-0.05, 0) is 55.8 Å². The monoisotopic (exact) mass is 377 g/mol. The molecule has 2 aromatic rings. The first-order valence-electron chi connectivity index (χ1n) is 8.46. The maximum absolute atomic E-state index is 12.3. The van der Waals surface area contributed by atoms with Gasteiger partial charge in [0, 0.05) is 28.7 Å². The second-order valence-electron chi connectivity index (χ2n) is 6.33. The van der Waals surface area contributed by atoms with E-state index in [0.717, 1.165) is 43.7 Å². The van der Waals surface area contributed by atoms with Gasteiger partial charge >= 0.3 is 0 Å². The van der Waals surface area contributed by atoms with Crippen LogP contribution in [0.3, 0.4) is 0 Å². The molecule has 1 N–H and O–H groups in total. The number of likely N-dealkylation sites (tertiary alicyclic amines) is 1. The Kier molecular flexibility index (Phi) is 6.29. The minimum Gasteiger partial charge on any atom is -0.350 e. The topological polar surface area (TPSA) is 45.2 Å². The van der Waals surface area contributed by atoms with Crippen molar-refractivity contribution in [2.45, 2.75) is 25.9 Å². The summed E-state index contributed by atoms with van der Waals surface area (Å²) in [5.41, 5.74) is 1.95. The Labute approximate surface area is 158 Å². The molecule has 1 aromatic heterocycles. The van der Waals surface area contributed by atoms with Crippen molar-refractivity contribution in [3.05, 3.63) is 63.9 Å². The lowest BCUT2D eigenvalue weighted by Crippen LogP contribution is -2.40. The molecule has 25 heavy (non-hydrogen) atoms. The second-order valence-corrected chi connectivity index (χ2v) is 7.17. The Morgan fingerprint density at radius 3 is 2.68 bits per heavy atom. The van der Waals surface area contributed by atoms with Gasteiger partial charge in [0.1, 0.15) is 0 Å². The average Bonchev–Trinajstić information content (AvgIpc) is 2.63. The van der Waals surface area contributed by atoms with Gasteiger partial charge in [-0.25, -0.2) is 0 Å². The number of rotatable bonds is 5. The molecule has 0 saturated carbocycles. The third kappa shape index (κ3) is 5.18. The molecule has 1 aromatic carbocycles. The Bertz CT molecular complexity index is 716. The van der Waals surface area contributed by atoms with Gasteiger partial charge in [0.15, 0.2) is 0 Å². The molecule has 132 valence electrons. The van der Waals surface area contributed by atoms with E-state index in [2.05, 4.69) is 15.2 Å². The number of amides is 1. The van der Waals surface area contributed by atoms with Gasteiger partial charge in [0.25, 0.3) is 0 Å². The highest BCUT2D eigenvalue weighted by Crippen LogP contribution is 2.25. The SMILES string of the molecule is O=C(NCc1ccccn1)C1CCN(Cc2ccc(Cl)cc2Cl)CC1. The van der Waals surface area contributed by atoms with E-state index in [0.29, 0.717) is 16.6 Å². The van der Waals surface area contributed by atoms with Crippen LogP contribution in [-0.2, 0) is 17.9 Å². The van der Waals surface area contributed by atoms with Gasteiger partial charge in [0.05, 0.1) is 12.2 Å². The summed E-state index contributed by atoms with van der Waals surface area (Å²) in [6.07, 6.45) is 3.46. The smallest absolute Gasteiger partial charge is 0.223 e. The van der Waals surface area contributed by atoms with Crippen molar-refractivity contribution >= 4 is 29.1 Å². The summed E-state index contributed by atoms with van der Waals surface area (Å²) in [6.45, 7) is 3.06. The van der Waals surface area contributed by atoms with Crippen LogP contribution in [0.5, 0.6) is 0 Å². The van der Waals surface area contributed by atoms with Crippen LogP contribution in [0.2, 0.25) is 10.0 Å². The zero-order valence-electron chi connectivity index (χ0n) is 13.9. The minimum atomic E-state index is 0.0700. The molecule has 1 saturated heterocycles. The number of hydrogen-bond donors (Lipinski definition) is 1. The summed E-state index contributed by atoms with van der Waals surface area (Å²) in [5, 5.41) is 4.34. The van der Waals surface area contributed by atoms with Crippen molar-refractivity contribution in [1.29, 1.82) is 0 Å². The van der Waals surface area contributed by atoms with E-state index in [1.165, 1.54) is 0 Å². The molecule has 2 heterocycles. The van der Waals surface area contributed by atoms with E-state index in [1.807, 2.05) is 30.3 Å². The van der Waals surface area contributed by atoms with Crippen molar-refractivity contribution in [2.75, 3.05) is 13.1 Å². The molecular formula is C19H21Cl2N3O. The molecule has 1 amide bonds. The Morgan fingerprint density at radius 1 is 1.20 bits per heavy atom. The van der Waals surface area contributed by atoms with Gasteiger partial charge < -0.3 is 5.32 Å². The number of halogens is 2. The molecule has 1 aliphatic heterocycles. The number of piperidine rings is 1. The quantitative estimate of drug-likeness (QED) is 0.858. The number of carbonyl (C=O) groups excluding carboxylic acids is 1. The van der Waals surface area contributed by atoms with Gasteiger partial charge in [0.2, 0.25) is 5.91 Å². The van der Waals surface area contributed by atoms with E-state index >= 15 is 0 Å². The summed E-state index contributed by atoms with van der Waals surface area (Å²) in [7, 11) is 0. The van der Waals surface area contributed by atoms with Crippen molar-refractivity contribution in [1.82, 2.24) is 15.2 Å². The second kappa shape index (κ2) is 8.65. The molecule has 0 atom stereocenters. The zero-order valence-corrected chi connectivity index (χ0v) is 15.4. The number of hydrogen-bond acceptors (Lipinski definition) is 3. The molecule has 1 aliphatic rings. The normalized spacial score (nSPS) is 15.9. The molecule has 0 spiro atoms. The largest absolute Gasteiger partial charge is 0.350 e. The van der Waals surface area contributed by atoms with Crippen molar-refractivity contribution in [2.24, 2.45) is 5.92 Å². The van der Waals surface area contributed by atoms with Gasteiger partial charge in [-0.3, -0.25) is 14.7 Å². The number of aromatic nitrogens is 1. The fourth-order valence-electron chi connectivity index (χ4n) is 3.07. The summed E-state index contributed by atoms with van der Waals surface area (Å²) in [4.78, 5) is 18.9. The van der Waals surface area contributed by atoms with E-state index in [4.69, 9.17) is 23.2 Å². The molecule has 6 heteroatoms. The highest BCUT2D eigenvalue weighted by atomic mass is 35.5. The number of nitrogens with zero attached hydrogens (tertiary/aromatic N) is 2. The summed E-state index contributed by atoms with van der Waals surface area (Å²) in [6, 6.07) is 11.3. The summed E-state index contributed by atoms with van der Waals surface area (Å²) in [5.74, 6) is 0.190. The van der Waals surface area contributed by atoms with Crippen molar-refractivity contribution < 1.29 is 4.79 Å². The first kappa shape index (κ1) is 18.2. The molecule has 3 rings (SSSR count). The van der Waals surface area contributed by atoms with Crippen molar-refractivity contribution in [3.8, 4) is 0 Å². The Balaban J connectivity index is 1.45. The Hall–Kier alpha value is -1.62. The van der Waals surface area contributed by atoms with Crippen LogP contribution in [-0.4, -0.2) is 28.9 Å². The molecule has 4 nitrogen and oxygen atoms in total. The molecule has 0 bridgehead atoms. The predicted molar refractivity (Wildman–Crippen MR) is 101 cm³/mol. The lowest BCUT2D eigenvalue weighted by Gasteiger charge is -2.31. The van der Waals surface area contributed by atoms with Crippen LogP contribution in [0.15, 0.2) is 42.6 Å². The first-order valence-corrected chi connectivity index (χ1v) is 9.21. The zero-order chi connectivity index (χ0) is 17.6. The van der Waals surface area contributed by atoms with E-state index in [9.17, 15) is 4.79 Å². The maximum Gasteiger partial charge on any atom is 0.223 e. The lowest BCUT2D eigenvalue weighted by atomic mass is 9.95. The van der Waals surface area contributed by atoms with Crippen LogP contribution in [0, 0.1) is 5.92 Å². The fourth-order valence-corrected chi connectivity index (χ4v) is 3.54. The predicted octanol–water partition coefficient (Wildman–Crippen LogP) is 3.92. The first-order chi connectivity index (χ1) is 12.1. The van der Waals surface area contributed by atoms with Gasteiger partial charge in [-0.15, -0.1) is 0 Å². The molecule has 0 radical (unpaired) electrons. The van der Waals surface area contributed by atoms with Crippen molar-refractivity contribution in [3.63, 3.8) is 0 Å². The number of carbonyl (C=O) groups is 1. The van der Waals surface area contributed by atoms with E-state index in [1.54, 1.807) is 12.3 Å². The van der Waals surface area contributed by atoms with E-state index < -0.39 is 0 Å².